The standard InChI is InChI=1S/C18H21NO3/c1-18(2,16-6-4-3-5-7-16)17(21)19-22-13-15-10-8-14(12-20)9-11-15/h3-11,20H,12-13H2,1-2H3,(H,19,21). The molecule has 0 aliphatic rings. The average Bonchev–Trinajstić information content (AvgIpc) is 2.56. The lowest BCUT2D eigenvalue weighted by Gasteiger charge is -2.23. The number of hydrogen-bond acceptors (Lipinski definition) is 3. The number of rotatable bonds is 6. The van der Waals surface area contributed by atoms with Crippen molar-refractivity contribution >= 4 is 5.91 Å². The van der Waals surface area contributed by atoms with Crippen molar-refractivity contribution in [3.05, 3.63) is 71.3 Å². The maximum absolute atomic E-state index is 12.3. The highest BCUT2D eigenvalue weighted by Gasteiger charge is 2.29. The summed E-state index contributed by atoms with van der Waals surface area (Å²) in [5, 5.41) is 8.99. The van der Waals surface area contributed by atoms with Crippen molar-refractivity contribution in [2.75, 3.05) is 0 Å². The molecule has 22 heavy (non-hydrogen) atoms. The molecule has 0 saturated heterocycles. The number of amides is 1. The van der Waals surface area contributed by atoms with Gasteiger partial charge in [-0.2, -0.15) is 0 Å². The molecule has 0 aromatic heterocycles. The van der Waals surface area contributed by atoms with E-state index in [-0.39, 0.29) is 19.1 Å². The lowest BCUT2D eigenvalue weighted by molar-refractivity contribution is -0.139. The molecule has 0 unspecified atom stereocenters. The Bertz CT molecular complexity index is 606. The van der Waals surface area contributed by atoms with Gasteiger partial charge < -0.3 is 5.11 Å². The topological polar surface area (TPSA) is 58.6 Å². The zero-order valence-electron chi connectivity index (χ0n) is 12.9. The second-order valence-electron chi connectivity index (χ2n) is 5.69. The second kappa shape index (κ2) is 7.20. The molecule has 0 saturated carbocycles. The summed E-state index contributed by atoms with van der Waals surface area (Å²) in [5.41, 5.74) is 4.55. The van der Waals surface area contributed by atoms with E-state index in [2.05, 4.69) is 5.48 Å². The Morgan fingerprint density at radius 3 is 2.23 bits per heavy atom. The summed E-state index contributed by atoms with van der Waals surface area (Å²) in [6.07, 6.45) is 0. The molecule has 0 aliphatic heterocycles. The van der Waals surface area contributed by atoms with Crippen molar-refractivity contribution in [1.82, 2.24) is 5.48 Å². The van der Waals surface area contributed by atoms with Crippen LogP contribution in [0.1, 0.15) is 30.5 Å². The summed E-state index contributed by atoms with van der Waals surface area (Å²) < 4.78 is 0. The molecule has 2 N–H and O–H groups in total. The van der Waals surface area contributed by atoms with Crippen LogP contribution in [0.2, 0.25) is 0 Å². The Hall–Kier alpha value is -2.17. The predicted molar refractivity (Wildman–Crippen MR) is 84.8 cm³/mol. The summed E-state index contributed by atoms with van der Waals surface area (Å²) in [7, 11) is 0. The van der Waals surface area contributed by atoms with Gasteiger partial charge in [0.05, 0.1) is 18.6 Å². The fraction of sp³-hybridized carbons (Fsp3) is 0.278. The number of aliphatic hydroxyl groups is 1. The maximum atomic E-state index is 12.3. The smallest absolute Gasteiger partial charge is 0.253 e. The molecular weight excluding hydrogens is 278 g/mol. The number of hydroxylamine groups is 1. The van der Waals surface area contributed by atoms with Crippen LogP contribution in [-0.4, -0.2) is 11.0 Å². The van der Waals surface area contributed by atoms with E-state index < -0.39 is 5.41 Å². The van der Waals surface area contributed by atoms with Crippen LogP contribution in [0.3, 0.4) is 0 Å². The minimum atomic E-state index is -0.665. The quantitative estimate of drug-likeness (QED) is 0.806. The van der Waals surface area contributed by atoms with Gasteiger partial charge in [-0.25, -0.2) is 5.48 Å². The summed E-state index contributed by atoms with van der Waals surface area (Å²) in [6.45, 7) is 4.01. The van der Waals surface area contributed by atoms with Crippen molar-refractivity contribution in [2.45, 2.75) is 32.5 Å². The van der Waals surface area contributed by atoms with Crippen LogP contribution in [0.15, 0.2) is 54.6 Å². The number of aliphatic hydroxyl groups excluding tert-OH is 1. The van der Waals surface area contributed by atoms with Crippen LogP contribution in [0.5, 0.6) is 0 Å². The van der Waals surface area contributed by atoms with Crippen molar-refractivity contribution in [1.29, 1.82) is 0 Å². The van der Waals surface area contributed by atoms with E-state index in [9.17, 15) is 4.79 Å². The highest BCUT2D eigenvalue weighted by Crippen LogP contribution is 2.22. The zero-order chi connectivity index (χ0) is 16.0. The summed E-state index contributed by atoms with van der Waals surface area (Å²) in [6, 6.07) is 17.0. The van der Waals surface area contributed by atoms with E-state index in [4.69, 9.17) is 9.94 Å². The molecule has 2 aromatic carbocycles. The molecule has 2 rings (SSSR count). The Morgan fingerprint density at radius 1 is 1.05 bits per heavy atom. The molecule has 1 amide bonds. The van der Waals surface area contributed by atoms with Crippen LogP contribution in [0.25, 0.3) is 0 Å². The molecule has 4 heteroatoms. The largest absolute Gasteiger partial charge is 0.392 e. The number of carbonyl (C=O) groups excluding carboxylic acids is 1. The fourth-order valence-electron chi connectivity index (χ4n) is 2.04. The lowest BCUT2D eigenvalue weighted by atomic mass is 9.84. The normalized spacial score (nSPS) is 11.2. The third kappa shape index (κ3) is 3.93. The van der Waals surface area contributed by atoms with E-state index in [0.717, 1.165) is 16.7 Å². The first kappa shape index (κ1) is 16.2. The third-order valence-electron chi connectivity index (χ3n) is 3.67. The minimum absolute atomic E-state index is 0.0170. The molecule has 0 fully saturated rings. The third-order valence-corrected chi connectivity index (χ3v) is 3.67. The van der Waals surface area contributed by atoms with Crippen molar-refractivity contribution in [3.8, 4) is 0 Å². The highest BCUT2D eigenvalue weighted by atomic mass is 16.6. The number of benzene rings is 2. The van der Waals surface area contributed by atoms with Crippen LogP contribution in [0.4, 0.5) is 0 Å². The molecule has 0 bridgehead atoms. The number of hydrogen-bond donors (Lipinski definition) is 2. The first-order chi connectivity index (χ1) is 10.5. The van der Waals surface area contributed by atoms with Gasteiger partial charge in [0.25, 0.3) is 5.91 Å². The van der Waals surface area contributed by atoms with Gasteiger partial charge in [-0.1, -0.05) is 54.6 Å². The summed E-state index contributed by atoms with van der Waals surface area (Å²) in [4.78, 5) is 17.6. The first-order valence-corrected chi connectivity index (χ1v) is 7.20. The Kier molecular flexibility index (Phi) is 5.31. The molecular formula is C18H21NO3. The van der Waals surface area contributed by atoms with Crippen LogP contribution in [0, 0.1) is 0 Å². The van der Waals surface area contributed by atoms with E-state index >= 15 is 0 Å². The van der Waals surface area contributed by atoms with Gasteiger partial charge in [0, 0.05) is 0 Å². The molecule has 116 valence electrons. The number of nitrogens with one attached hydrogen (secondary N) is 1. The first-order valence-electron chi connectivity index (χ1n) is 7.20. The van der Waals surface area contributed by atoms with Gasteiger partial charge in [0.2, 0.25) is 0 Å². The second-order valence-corrected chi connectivity index (χ2v) is 5.69. The van der Waals surface area contributed by atoms with Crippen molar-refractivity contribution < 1.29 is 14.7 Å². The van der Waals surface area contributed by atoms with Crippen LogP contribution in [-0.2, 0) is 28.3 Å². The van der Waals surface area contributed by atoms with Gasteiger partial charge in [-0.15, -0.1) is 0 Å². The van der Waals surface area contributed by atoms with E-state index in [1.807, 2.05) is 68.4 Å². The molecule has 0 spiro atoms. The van der Waals surface area contributed by atoms with E-state index in [1.54, 1.807) is 0 Å². The van der Waals surface area contributed by atoms with Crippen molar-refractivity contribution in [2.24, 2.45) is 0 Å². The SMILES string of the molecule is CC(C)(C(=O)NOCc1ccc(CO)cc1)c1ccccc1. The monoisotopic (exact) mass is 299 g/mol. The lowest BCUT2D eigenvalue weighted by Crippen LogP contribution is -2.39. The molecule has 0 atom stereocenters. The Balaban J connectivity index is 1.89. The summed E-state index contributed by atoms with van der Waals surface area (Å²) >= 11 is 0. The van der Waals surface area contributed by atoms with Gasteiger partial charge in [-0.05, 0) is 30.5 Å². The number of carbonyl (C=O) groups is 1. The minimum Gasteiger partial charge on any atom is -0.392 e. The zero-order valence-corrected chi connectivity index (χ0v) is 12.9. The average molecular weight is 299 g/mol. The molecule has 2 aromatic rings. The molecule has 0 aliphatic carbocycles. The highest BCUT2D eigenvalue weighted by molar-refractivity contribution is 5.86. The van der Waals surface area contributed by atoms with Gasteiger partial charge in [0.15, 0.2) is 0 Å². The Labute approximate surface area is 130 Å². The van der Waals surface area contributed by atoms with Gasteiger partial charge in [-0.3, -0.25) is 9.63 Å². The molecule has 0 heterocycles. The van der Waals surface area contributed by atoms with E-state index in [0.29, 0.717) is 0 Å². The van der Waals surface area contributed by atoms with Crippen LogP contribution < -0.4 is 5.48 Å². The molecule has 4 nitrogen and oxygen atoms in total. The van der Waals surface area contributed by atoms with E-state index in [1.165, 1.54) is 0 Å². The van der Waals surface area contributed by atoms with Crippen molar-refractivity contribution in [3.63, 3.8) is 0 Å². The van der Waals surface area contributed by atoms with Crippen LogP contribution >= 0.6 is 0 Å². The van der Waals surface area contributed by atoms with Gasteiger partial charge in [0.1, 0.15) is 0 Å². The fourth-order valence-corrected chi connectivity index (χ4v) is 2.04. The summed E-state index contributed by atoms with van der Waals surface area (Å²) in [5.74, 6) is -0.189. The Morgan fingerprint density at radius 2 is 1.64 bits per heavy atom. The predicted octanol–water partition coefficient (Wildman–Crippen LogP) is 2.70. The molecule has 0 radical (unpaired) electrons. The maximum Gasteiger partial charge on any atom is 0.253 e. The van der Waals surface area contributed by atoms with Gasteiger partial charge >= 0.3 is 0 Å².